The van der Waals surface area contributed by atoms with E-state index < -0.39 is 0 Å². The Labute approximate surface area is 64.7 Å². The summed E-state index contributed by atoms with van der Waals surface area (Å²) in [5, 5.41) is 0. The minimum absolute atomic E-state index is 0. The van der Waals surface area contributed by atoms with E-state index in [1.165, 1.54) is 0 Å². The Morgan fingerprint density at radius 3 is 0.667 bits per heavy atom. The van der Waals surface area contributed by atoms with Crippen LogP contribution in [-0.2, 0) is 41.2 Å². The molecule has 0 aromatic heterocycles. The number of hydrogen-bond donors (Lipinski definition) is 0. The van der Waals surface area contributed by atoms with Gasteiger partial charge < -0.3 is 21.9 Å². The van der Waals surface area contributed by atoms with E-state index in [1.54, 1.807) is 0 Å². The van der Waals surface area contributed by atoms with Gasteiger partial charge in [0.05, 0.1) is 0 Å². The van der Waals surface area contributed by atoms with Gasteiger partial charge in [-0.2, -0.15) is 0 Å². The van der Waals surface area contributed by atoms with Gasteiger partial charge in [0.1, 0.15) is 0 Å². The van der Waals surface area contributed by atoms with Crippen LogP contribution >= 0.6 is 0 Å². The molecule has 0 aliphatic heterocycles. The molecule has 0 atom stereocenters. The second-order valence-corrected chi connectivity index (χ2v) is 0. The first-order valence-corrected chi connectivity index (χ1v) is 0. The van der Waals surface area contributed by atoms with Gasteiger partial charge in [0.15, 0.2) is 0 Å². The first-order chi connectivity index (χ1) is 0. The third kappa shape index (κ3) is 65.2. The van der Waals surface area contributed by atoms with Crippen LogP contribution in [-0.4, -0.2) is 21.9 Å². The van der Waals surface area contributed by atoms with Crippen LogP contribution in [0.2, 0.25) is 0 Å². The molecule has 0 spiro atoms. The van der Waals surface area contributed by atoms with Gasteiger partial charge in [-0.05, 0) is 0 Å². The molecule has 6 heteroatoms. The topological polar surface area (TPSA) is 120 Å². The first kappa shape index (κ1) is 198. The maximum atomic E-state index is 0. The van der Waals surface area contributed by atoms with Crippen LogP contribution in [0.3, 0.4) is 0 Å². The smallest absolute Gasteiger partial charge is 0.870 e. The Morgan fingerprint density at radius 1 is 0.667 bits per heavy atom. The molecule has 0 rings (SSSR count). The van der Waals surface area contributed by atoms with Crippen molar-refractivity contribution in [3.63, 3.8) is 0 Å². The maximum absolute atomic E-state index is 0. The van der Waals surface area contributed by atoms with E-state index in [-0.39, 0.29) is 64.5 Å². The summed E-state index contributed by atoms with van der Waals surface area (Å²) in [5.41, 5.74) is 0. The van der Waals surface area contributed by atoms with Crippen molar-refractivity contribution < 1.29 is 64.5 Å². The summed E-state index contributed by atoms with van der Waals surface area (Å²) < 4.78 is 0. The van der Waals surface area contributed by atoms with Crippen molar-refractivity contribution in [2.24, 2.45) is 0 Å². The predicted octanol–water partition coefficient (Wildman–Crippen LogP) is -0.600. The third-order valence-electron chi connectivity index (χ3n) is 0. The normalized spacial score (nSPS) is 0. The molecule has 6 heavy (non-hydrogen) atoms. The summed E-state index contributed by atoms with van der Waals surface area (Å²) >= 11 is 0. The summed E-state index contributed by atoms with van der Waals surface area (Å²) in [5.74, 6) is 0. The molecule has 0 amide bonds. The zero-order valence-corrected chi connectivity index (χ0v) is 7.52. The minimum atomic E-state index is 0. The quantitative estimate of drug-likeness (QED) is 0.464. The van der Waals surface area contributed by atoms with Crippen molar-refractivity contribution in [2.45, 2.75) is 0 Å². The summed E-state index contributed by atoms with van der Waals surface area (Å²) in [6.07, 6.45) is 0. The van der Waals surface area contributed by atoms with E-state index in [1.807, 2.05) is 0 Å². The van der Waals surface area contributed by atoms with E-state index in [0.29, 0.717) is 0 Å². The zero-order valence-electron chi connectivity index (χ0n) is 4.00. The molecule has 0 heterocycles. The fraction of sp³-hybridized carbons (Fsp3) is 0. The second kappa shape index (κ2) is 119. The van der Waals surface area contributed by atoms with E-state index in [0.717, 1.165) is 0 Å². The van der Waals surface area contributed by atoms with Gasteiger partial charge in [0, 0.05) is 21.7 Å². The monoisotopic (exact) mass is 181 g/mol. The van der Waals surface area contributed by atoms with E-state index in [2.05, 4.69) is 0 Å². The van der Waals surface area contributed by atoms with Crippen molar-refractivity contribution in [1.29, 1.82) is 0 Å². The van der Waals surface area contributed by atoms with Crippen molar-refractivity contribution in [1.82, 2.24) is 0 Å². The molecule has 4 N–H and O–H groups in total. The standard InChI is InChI=1S/4H2O.Ti.Zn/h4*1H2;;/q;;;;;+2/p-3. The van der Waals surface area contributed by atoms with Crippen molar-refractivity contribution >= 4 is 0 Å². The van der Waals surface area contributed by atoms with Gasteiger partial charge in [0.25, 0.3) is 0 Å². The molecule has 0 aliphatic carbocycles. The molecule has 0 aromatic carbocycles. The summed E-state index contributed by atoms with van der Waals surface area (Å²) in [4.78, 5) is 0. The average Bonchev–Trinajstić information content (AvgIpc) is 0. The van der Waals surface area contributed by atoms with E-state index >= 15 is 0 Å². The number of hydrogen-bond acceptors (Lipinski definition) is 4. The maximum Gasteiger partial charge on any atom is 2.00 e. The van der Waals surface area contributed by atoms with E-state index in [9.17, 15) is 0 Å². The van der Waals surface area contributed by atoms with Gasteiger partial charge >= 0.3 is 20.9 Å². The molecule has 0 aromatic rings. The van der Waals surface area contributed by atoms with Crippen LogP contribution in [0.25, 0.3) is 0 Å². The molecule has 0 unspecified atom stereocenters. The molecule has 0 bridgehead atoms. The number of rotatable bonds is 0. The third-order valence-corrected chi connectivity index (χ3v) is 0. The molecule has 0 radical (unpaired) electrons. The van der Waals surface area contributed by atoms with E-state index in [4.69, 9.17) is 0 Å². The van der Waals surface area contributed by atoms with Crippen LogP contribution in [0, 0.1) is 0 Å². The molecule has 0 aliphatic rings. The van der Waals surface area contributed by atoms with Crippen LogP contribution in [0.15, 0.2) is 0 Å². The summed E-state index contributed by atoms with van der Waals surface area (Å²) in [7, 11) is 0. The van der Waals surface area contributed by atoms with Gasteiger partial charge in [-0.3, -0.25) is 0 Å². The molecule has 36 valence electrons. The SMILES string of the molecule is [H+].[OH-].[OH-].[OH-].[OH-].[Ti].[Zn+2]. The van der Waals surface area contributed by atoms with Crippen LogP contribution in [0.1, 0.15) is 1.43 Å². The molecule has 0 saturated heterocycles. The first-order valence-electron chi connectivity index (χ1n) is 0. The predicted molar refractivity (Wildman–Crippen MR) is 8.86 cm³/mol. The van der Waals surface area contributed by atoms with Crippen LogP contribution < -0.4 is 0 Å². The van der Waals surface area contributed by atoms with Crippen molar-refractivity contribution in [3.05, 3.63) is 0 Å². The fourth-order valence-corrected chi connectivity index (χ4v) is 0. The Hall–Kier alpha value is 1.18. The molecule has 4 nitrogen and oxygen atoms in total. The van der Waals surface area contributed by atoms with Gasteiger partial charge in [0.2, 0.25) is 0 Å². The Balaban J connectivity index is 0. The average molecular weight is 182 g/mol. The van der Waals surface area contributed by atoms with Gasteiger partial charge in [-0.25, -0.2) is 0 Å². The fourth-order valence-electron chi connectivity index (χ4n) is 0. The van der Waals surface area contributed by atoms with Crippen LogP contribution in [0.4, 0.5) is 0 Å². The summed E-state index contributed by atoms with van der Waals surface area (Å²) in [6, 6.07) is 0. The second-order valence-electron chi connectivity index (χ2n) is 0. The largest absolute Gasteiger partial charge is 2.00 e. The van der Waals surface area contributed by atoms with Gasteiger partial charge in [-0.1, -0.05) is 0 Å². The Kier molecular flexibility index (Phi) is 3930. The molecular weight excluding hydrogens is 177 g/mol. The summed E-state index contributed by atoms with van der Waals surface area (Å²) in [6.45, 7) is 0. The Bertz CT molecular complexity index is 11.7. The van der Waals surface area contributed by atoms with Crippen LogP contribution in [0.5, 0.6) is 0 Å². The van der Waals surface area contributed by atoms with Gasteiger partial charge in [-0.15, -0.1) is 0 Å². The molecule has 0 saturated carbocycles. The zero-order chi connectivity index (χ0) is 0. The Morgan fingerprint density at radius 2 is 0.667 bits per heavy atom. The van der Waals surface area contributed by atoms with Crippen molar-refractivity contribution in [3.8, 4) is 0 Å². The van der Waals surface area contributed by atoms with Crippen molar-refractivity contribution in [2.75, 3.05) is 0 Å². The molecular formula is H5O4TiZn-. The minimum Gasteiger partial charge on any atom is -0.870 e. The molecule has 0 fully saturated rings.